The molecule has 0 aliphatic rings. The Morgan fingerprint density at radius 2 is 2.00 bits per heavy atom. The van der Waals surface area contributed by atoms with Gasteiger partial charge in [-0.05, 0) is 13.8 Å². The number of aliphatic hydroxyl groups is 1. The van der Waals surface area contributed by atoms with Crippen molar-refractivity contribution < 1.29 is 18.3 Å². The first-order chi connectivity index (χ1) is 5.90. The van der Waals surface area contributed by atoms with Crippen molar-refractivity contribution in [1.29, 1.82) is 0 Å². The highest BCUT2D eigenvalue weighted by Crippen LogP contribution is 1.95. The van der Waals surface area contributed by atoms with Crippen LogP contribution in [0.15, 0.2) is 0 Å². The third-order valence-electron chi connectivity index (χ3n) is 1.50. The van der Waals surface area contributed by atoms with Gasteiger partial charge in [0.15, 0.2) is 0 Å². The van der Waals surface area contributed by atoms with Gasteiger partial charge in [-0.3, -0.25) is 0 Å². The number of ether oxygens (including phenoxy) is 1. The molecule has 0 aromatic rings. The molecule has 0 saturated heterocycles. The van der Waals surface area contributed by atoms with Gasteiger partial charge >= 0.3 is 0 Å². The molecule has 2 N–H and O–H groups in total. The predicted octanol–water partition coefficient (Wildman–Crippen LogP) is -0.678. The first-order valence-corrected chi connectivity index (χ1v) is 5.60. The second-order valence-corrected chi connectivity index (χ2v) is 5.37. The molecule has 0 heterocycles. The molecule has 5 nitrogen and oxygen atoms in total. The molecule has 80 valence electrons. The van der Waals surface area contributed by atoms with Crippen LogP contribution in [0, 0.1) is 0 Å². The summed E-state index contributed by atoms with van der Waals surface area (Å²) in [7, 11) is -1.83. The molecule has 0 radical (unpaired) electrons. The molecule has 0 aliphatic carbocycles. The molecule has 6 heteroatoms. The summed E-state index contributed by atoms with van der Waals surface area (Å²) in [6, 6.07) is 0. The molecule has 1 atom stereocenters. The predicted molar refractivity (Wildman–Crippen MR) is 49.9 cm³/mol. The molecule has 0 saturated carbocycles. The zero-order valence-electron chi connectivity index (χ0n) is 8.15. The third-order valence-corrected chi connectivity index (χ3v) is 3.31. The van der Waals surface area contributed by atoms with Gasteiger partial charge in [-0.15, -0.1) is 0 Å². The Balaban J connectivity index is 3.89. The topological polar surface area (TPSA) is 75.6 Å². The van der Waals surface area contributed by atoms with Crippen LogP contribution in [0.1, 0.15) is 13.8 Å². The van der Waals surface area contributed by atoms with Crippen LogP contribution >= 0.6 is 0 Å². The second-order valence-electron chi connectivity index (χ2n) is 3.05. The lowest BCUT2D eigenvalue weighted by molar-refractivity contribution is 0.0679. The molecule has 0 fully saturated rings. The molecule has 13 heavy (non-hydrogen) atoms. The molecular formula is C7H17NO4S. The standard InChI is InChI=1S/C7H17NO4S/c1-6(2)13(10,11)8-4-7(9)5-12-3/h6-9H,4-5H2,1-3H3. The van der Waals surface area contributed by atoms with Gasteiger partial charge < -0.3 is 9.84 Å². The molecule has 0 aliphatic heterocycles. The number of aliphatic hydroxyl groups excluding tert-OH is 1. The van der Waals surface area contributed by atoms with Crippen LogP contribution in [0.2, 0.25) is 0 Å². The van der Waals surface area contributed by atoms with Crippen LogP contribution in [0.25, 0.3) is 0 Å². The van der Waals surface area contributed by atoms with Gasteiger partial charge in [0, 0.05) is 13.7 Å². The van der Waals surface area contributed by atoms with Gasteiger partial charge in [0.05, 0.1) is 18.0 Å². The fraction of sp³-hybridized carbons (Fsp3) is 1.00. The van der Waals surface area contributed by atoms with Crippen molar-refractivity contribution in [3.8, 4) is 0 Å². The van der Waals surface area contributed by atoms with E-state index < -0.39 is 21.4 Å². The Morgan fingerprint density at radius 1 is 1.46 bits per heavy atom. The molecule has 0 spiro atoms. The van der Waals surface area contributed by atoms with E-state index in [-0.39, 0.29) is 13.2 Å². The lowest BCUT2D eigenvalue weighted by Gasteiger charge is -2.12. The first kappa shape index (κ1) is 12.8. The van der Waals surface area contributed by atoms with Crippen molar-refractivity contribution >= 4 is 10.0 Å². The number of rotatable bonds is 6. The Hall–Kier alpha value is -0.170. The van der Waals surface area contributed by atoms with Crippen LogP contribution in [-0.4, -0.2) is 45.1 Å². The maximum atomic E-state index is 11.2. The number of methoxy groups -OCH3 is 1. The van der Waals surface area contributed by atoms with E-state index in [2.05, 4.69) is 9.46 Å². The van der Waals surface area contributed by atoms with E-state index >= 15 is 0 Å². The zero-order valence-corrected chi connectivity index (χ0v) is 8.97. The van der Waals surface area contributed by atoms with E-state index in [0.717, 1.165) is 0 Å². The molecule has 0 aromatic carbocycles. The number of hydrogen-bond donors (Lipinski definition) is 2. The summed E-state index contributed by atoms with van der Waals surface area (Å²) in [5.41, 5.74) is 0. The second kappa shape index (κ2) is 5.54. The first-order valence-electron chi connectivity index (χ1n) is 4.05. The van der Waals surface area contributed by atoms with Crippen molar-refractivity contribution in [2.45, 2.75) is 25.2 Å². The Morgan fingerprint density at radius 3 is 2.38 bits per heavy atom. The third kappa shape index (κ3) is 5.20. The zero-order chi connectivity index (χ0) is 10.5. The van der Waals surface area contributed by atoms with E-state index in [9.17, 15) is 8.42 Å². The van der Waals surface area contributed by atoms with Gasteiger partial charge in [-0.25, -0.2) is 13.1 Å². The maximum absolute atomic E-state index is 11.2. The quantitative estimate of drug-likeness (QED) is 0.610. The molecular weight excluding hydrogens is 194 g/mol. The smallest absolute Gasteiger partial charge is 0.214 e. The van der Waals surface area contributed by atoms with E-state index in [1.807, 2.05) is 0 Å². The normalized spacial score (nSPS) is 14.8. The number of sulfonamides is 1. The largest absolute Gasteiger partial charge is 0.389 e. The minimum absolute atomic E-state index is 0.00560. The number of nitrogens with one attached hydrogen (secondary N) is 1. The molecule has 1 unspecified atom stereocenters. The summed E-state index contributed by atoms with van der Waals surface area (Å²) in [4.78, 5) is 0. The highest BCUT2D eigenvalue weighted by molar-refractivity contribution is 7.90. The van der Waals surface area contributed by atoms with Gasteiger partial charge in [-0.2, -0.15) is 0 Å². The van der Waals surface area contributed by atoms with Gasteiger partial charge in [0.2, 0.25) is 10.0 Å². The lowest BCUT2D eigenvalue weighted by atomic mass is 10.4. The fourth-order valence-corrected chi connectivity index (χ4v) is 1.39. The average Bonchev–Trinajstić information content (AvgIpc) is 2.01. The minimum Gasteiger partial charge on any atom is -0.389 e. The van der Waals surface area contributed by atoms with Crippen molar-refractivity contribution in [1.82, 2.24) is 4.72 Å². The Labute approximate surface area is 79.1 Å². The van der Waals surface area contributed by atoms with Gasteiger partial charge in [0.1, 0.15) is 0 Å². The van der Waals surface area contributed by atoms with Crippen molar-refractivity contribution in [2.24, 2.45) is 0 Å². The highest BCUT2D eigenvalue weighted by Gasteiger charge is 2.16. The minimum atomic E-state index is -3.28. The highest BCUT2D eigenvalue weighted by atomic mass is 32.2. The molecule has 0 rings (SSSR count). The monoisotopic (exact) mass is 211 g/mol. The van der Waals surface area contributed by atoms with Crippen LogP contribution in [0.4, 0.5) is 0 Å². The fourth-order valence-electron chi connectivity index (χ4n) is 0.630. The average molecular weight is 211 g/mol. The van der Waals surface area contributed by atoms with Gasteiger partial charge in [0.25, 0.3) is 0 Å². The Kier molecular flexibility index (Phi) is 5.46. The van der Waals surface area contributed by atoms with Crippen LogP contribution in [0.3, 0.4) is 0 Å². The van der Waals surface area contributed by atoms with Crippen molar-refractivity contribution in [2.75, 3.05) is 20.3 Å². The van der Waals surface area contributed by atoms with Crippen molar-refractivity contribution in [3.63, 3.8) is 0 Å². The van der Waals surface area contributed by atoms with Gasteiger partial charge in [-0.1, -0.05) is 0 Å². The van der Waals surface area contributed by atoms with Crippen LogP contribution in [-0.2, 0) is 14.8 Å². The summed E-state index contributed by atoms with van der Waals surface area (Å²) < 4.78 is 29.3. The summed E-state index contributed by atoms with van der Waals surface area (Å²) in [5.74, 6) is 0. The summed E-state index contributed by atoms with van der Waals surface area (Å²) in [6.07, 6.45) is -0.793. The van der Waals surface area contributed by atoms with E-state index in [4.69, 9.17) is 5.11 Å². The van der Waals surface area contributed by atoms with Crippen LogP contribution < -0.4 is 4.72 Å². The Bertz CT molecular complexity index is 225. The molecule has 0 bridgehead atoms. The number of hydrogen-bond acceptors (Lipinski definition) is 4. The van der Waals surface area contributed by atoms with E-state index in [1.54, 1.807) is 13.8 Å². The van der Waals surface area contributed by atoms with Crippen LogP contribution in [0.5, 0.6) is 0 Å². The van der Waals surface area contributed by atoms with E-state index in [1.165, 1.54) is 7.11 Å². The molecule has 0 aromatic heterocycles. The SMILES string of the molecule is COCC(O)CNS(=O)(=O)C(C)C. The summed E-state index contributed by atoms with van der Waals surface area (Å²) in [5, 5.41) is 8.66. The van der Waals surface area contributed by atoms with Crippen molar-refractivity contribution in [3.05, 3.63) is 0 Å². The lowest BCUT2D eigenvalue weighted by Crippen LogP contribution is -2.37. The summed E-state index contributed by atoms with van der Waals surface area (Å²) in [6.45, 7) is 3.27. The van der Waals surface area contributed by atoms with E-state index in [0.29, 0.717) is 0 Å². The summed E-state index contributed by atoms with van der Waals surface area (Å²) >= 11 is 0. The molecule has 0 amide bonds. The maximum Gasteiger partial charge on any atom is 0.214 e.